The lowest BCUT2D eigenvalue weighted by molar-refractivity contribution is -0.137. The molecule has 2 aliphatic rings. The first-order valence-electron chi connectivity index (χ1n) is 8.34. The molecule has 1 saturated carbocycles. The first-order chi connectivity index (χ1) is 12.2. The molecule has 0 aromatic carbocycles. The summed E-state index contributed by atoms with van der Waals surface area (Å²) in [6.45, 7) is 4.08. The van der Waals surface area contributed by atoms with Gasteiger partial charge in [-0.25, -0.2) is 9.67 Å². The summed E-state index contributed by atoms with van der Waals surface area (Å²) in [4.78, 5) is 7.91. The molecule has 3 heterocycles. The fraction of sp³-hybridized carbons (Fsp3) is 0.562. The highest BCUT2D eigenvalue weighted by atomic mass is 19.4. The minimum atomic E-state index is -4.54. The molecule has 2 aromatic heterocycles. The van der Waals surface area contributed by atoms with Crippen molar-refractivity contribution in [3.63, 3.8) is 0 Å². The van der Waals surface area contributed by atoms with E-state index in [9.17, 15) is 13.2 Å². The summed E-state index contributed by atoms with van der Waals surface area (Å²) in [6.07, 6.45) is -1.99. The number of nitrogens with one attached hydrogen (secondary N) is 2. The molecule has 0 saturated heterocycles. The predicted octanol–water partition coefficient (Wildman–Crippen LogP) is 3.25. The SMILES string of the molecule is Cc1nn(C)c2c1OCC1(CC1)C(C)Nc1nc(ncc1C(F)(F)F)N2. The number of hydrogen-bond acceptors (Lipinski definition) is 6. The van der Waals surface area contributed by atoms with Gasteiger partial charge in [-0.3, -0.25) is 0 Å². The maximum Gasteiger partial charge on any atom is 0.421 e. The van der Waals surface area contributed by atoms with Gasteiger partial charge in [0.05, 0.1) is 6.61 Å². The molecule has 1 spiro atoms. The van der Waals surface area contributed by atoms with Crippen molar-refractivity contribution in [2.24, 2.45) is 12.5 Å². The Hall–Kier alpha value is -2.52. The maximum atomic E-state index is 13.3. The van der Waals surface area contributed by atoms with Gasteiger partial charge in [0.1, 0.15) is 17.1 Å². The fourth-order valence-electron chi connectivity index (χ4n) is 3.25. The van der Waals surface area contributed by atoms with Gasteiger partial charge in [-0.05, 0) is 26.7 Å². The number of halogens is 3. The van der Waals surface area contributed by atoms with Crippen molar-refractivity contribution >= 4 is 17.6 Å². The number of nitrogens with zero attached hydrogens (tertiary/aromatic N) is 4. The van der Waals surface area contributed by atoms with E-state index < -0.39 is 11.7 Å². The molecule has 0 amide bonds. The molecule has 0 radical (unpaired) electrons. The third kappa shape index (κ3) is 2.73. The summed E-state index contributed by atoms with van der Waals surface area (Å²) in [7, 11) is 1.72. The Labute approximate surface area is 148 Å². The summed E-state index contributed by atoms with van der Waals surface area (Å²) >= 11 is 0. The normalized spacial score (nSPS) is 21.1. The van der Waals surface area contributed by atoms with Crippen LogP contribution in [-0.2, 0) is 13.2 Å². The molecular weight excluding hydrogens is 349 g/mol. The third-order valence-corrected chi connectivity index (χ3v) is 5.16. The molecule has 140 valence electrons. The highest BCUT2D eigenvalue weighted by Crippen LogP contribution is 2.51. The molecule has 1 fully saturated rings. The van der Waals surface area contributed by atoms with Gasteiger partial charge < -0.3 is 15.4 Å². The number of alkyl halides is 3. The van der Waals surface area contributed by atoms with Crippen LogP contribution in [-0.4, -0.2) is 32.4 Å². The van der Waals surface area contributed by atoms with Crippen molar-refractivity contribution < 1.29 is 17.9 Å². The number of aryl methyl sites for hydroxylation is 2. The zero-order valence-corrected chi connectivity index (χ0v) is 14.6. The van der Waals surface area contributed by atoms with Crippen LogP contribution in [0, 0.1) is 12.3 Å². The zero-order chi connectivity index (χ0) is 18.7. The molecule has 2 N–H and O–H groups in total. The minimum absolute atomic E-state index is 0.0484. The van der Waals surface area contributed by atoms with Gasteiger partial charge in [-0.1, -0.05) is 0 Å². The van der Waals surface area contributed by atoms with Crippen LogP contribution in [0.15, 0.2) is 6.20 Å². The Morgan fingerprint density at radius 2 is 2.08 bits per heavy atom. The molecular formula is C16H19F3N6O. The largest absolute Gasteiger partial charge is 0.487 e. The van der Waals surface area contributed by atoms with Crippen LogP contribution in [0.4, 0.5) is 30.8 Å². The molecule has 26 heavy (non-hydrogen) atoms. The number of hydrogen-bond donors (Lipinski definition) is 2. The summed E-state index contributed by atoms with van der Waals surface area (Å²) < 4.78 is 47.7. The van der Waals surface area contributed by atoms with E-state index in [4.69, 9.17) is 4.74 Å². The Morgan fingerprint density at radius 3 is 2.73 bits per heavy atom. The van der Waals surface area contributed by atoms with Crippen molar-refractivity contribution in [1.82, 2.24) is 19.7 Å². The highest BCUT2D eigenvalue weighted by molar-refractivity contribution is 5.62. The van der Waals surface area contributed by atoms with E-state index >= 15 is 0 Å². The molecule has 1 atom stereocenters. The van der Waals surface area contributed by atoms with E-state index in [0.717, 1.165) is 19.0 Å². The standard InChI is InChI=1S/C16H19F3N6O/c1-8-11-13(25(3)24-8)23-14-20-6-10(16(17,18)19)12(22-14)21-9(2)15(4-5-15)7-26-11/h6,9H,4-5,7H2,1-3H3,(H2,20,21,22,23). The monoisotopic (exact) mass is 368 g/mol. The smallest absolute Gasteiger partial charge is 0.421 e. The lowest BCUT2D eigenvalue weighted by atomic mass is 9.99. The predicted molar refractivity (Wildman–Crippen MR) is 88.5 cm³/mol. The lowest BCUT2D eigenvalue weighted by Gasteiger charge is -2.26. The Balaban J connectivity index is 1.84. The molecule has 4 rings (SSSR count). The maximum absolute atomic E-state index is 13.3. The van der Waals surface area contributed by atoms with Gasteiger partial charge in [-0.2, -0.15) is 23.3 Å². The molecule has 1 unspecified atom stereocenters. The first kappa shape index (κ1) is 16.9. The number of ether oxygens (including phenoxy) is 1. The van der Waals surface area contributed by atoms with Crippen molar-refractivity contribution in [2.75, 3.05) is 17.2 Å². The van der Waals surface area contributed by atoms with Crippen molar-refractivity contribution in [3.8, 4) is 5.75 Å². The average Bonchev–Trinajstić information content (AvgIpc) is 3.28. The lowest BCUT2D eigenvalue weighted by Crippen LogP contribution is -2.33. The van der Waals surface area contributed by atoms with Gasteiger partial charge in [0.15, 0.2) is 11.6 Å². The third-order valence-electron chi connectivity index (χ3n) is 5.16. The van der Waals surface area contributed by atoms with Crippen LogP contribution in [0.3, 0.4) is 0 Å². The van der Waals surface area contributed by atoms with Crippen LogP contribution in [0.1, 0.15) is 31.0 Å². The highest BCUT2D eigenvalue weighted by Gasteiger charge is 2.49. The van der Waals surface area contributed by atoms with Gasteiger partial charge in [0.25, 0.3) is 0 Å². The van der Waals surface area contributed by atoms with Gasteiger partial charge in [-0.15, -0.1) is 0 Å². The molecule has 2 bridgehead atoms. The van der Waals surface area contributed by atoms with Gasteiger partial charge >= 0.3 is 6.18 Å². The molecule has 7 nitrogen and oxygen atoms in total. The number of aromatic nitrogens is 4. The van der Waals surface area contributed by atoms with Crippen LogP contribution < -0.4 is 15.4 Å². The van der Waals surface area contributed by atoms with Gasteiger partial charge in [0, 0.05) is 24.7 Å². The van der Waals surface area contributed by atoms with E-state index in [1.54, 1.807) is 11.7 Å². The van der Waals surface area contributed by atoms with Crippen molar-refractivity contribution in [1.29, 1.82) is 0 Å². The molecule has 1 aliphatic carbocycles. The second kappa shape index (κ2) is 5.49. The quantitative estimate of drug-likeness (QED) is 0.743. The van der Waals surface area contributed by atoms with Crippen molar-refractivity contribution in [3.05, 3.63) is 17.5 Å². The van der Waals surface area contributed by atoms with E-state index in [0.29, 0.717) is 23.9 Å². The topological polar surface area (TPSA) is 76.9 Å². The van der Waals surface area contributed by atoms with Crippen LogP contribution in [0.25, 0.3) is 0 Å². The van der Waals surface area contributed by atoms with Crippen LogP contribution in [0.5, 0.6) is 5.75 Å². The van der Waals surface area contributed by atoms with E-state index in [1.165, 1.54) is 0 Å². The second-order valence-electron chi connectivity index (χ2n) is 6.98. The average molecular weight is 368 g/mol. The van der Waals surface area contributed by atoms with Gasteiger partial charge in [0.2, 0.25) is 5.95 Å². The fourth-order valence-corrected chi connectivity index (χ4v) is 3.25. The van der Waals surface area contributed by atoms with E-state index in [2.05, 4.69) is 25.7 Å². The minimum Gasteiger partial charge on any atom is -0.487 e. The molecule has 1 aliphatic heterocycles. The van der Waals surface area contributed by atoms with Crippen LogP contribution >= 0.6 is 0 Å². The Kier molecular flexibility index (Phi) is 3.57. The Bertz CT molecular complexity index is 858. The molecule has 2 aromatic rings. The summed E-state index contributed by atoms with van der Waals surface area (Å²) in [6, 6.07) is -0.232. The number of anilines is 3. The first-order valence-corrected chi connectivity index (χ1v) is 8.34. The number of rotatable bonds is 0. The summed E-state index contributed by atoms with van der Waals surface area (Å²) in [5.41, 5.74) is -0.414. The number of fused-ring (bicyclic) bond motifs is 3. The molecule has 10 heteroatoms. The summed E-state index contributed by atoms with van der Waals surface area (Å²) in [5, 5.41) is 10.2. The van der Waals surface area contributed by atoms with Crippen molar-refractivity contribution in [2.45, 2.75) is 38.9 Å². The van der Waals surface area contributed by atoms with Crippen LogP contribution in [0.2, 0.25) is 0 Å². The summed E-state index contributed by atoms with van der Waals surface area (Å²) in [5.74, 6) is 0.903. The van der Waals surface area contributed by atoms with E-state index in [1.807, 2.05) is 13.8 Å². The second-order valence-corrected chi connectivity index (χ2v) is 6.98. The van der Waals surface area contributed by atoms with E-state index in [-0.39, 0.29) is 23.2 Å². The zero-order valence-electron chi connectivity index (χ0n) is 14.6. The Morgan fingerprint density at radius 1 is 1.35 bits per heavy atom.